The molecule has 2 atom stereocenters. The predicted octanol–water partition coefficient (Wildman–Crippen LogP) is 2.55. The molecule has 1 aliphatic heterocycles. The molecule has 1 saturated heterocycles. The summed E-state index contributed by atoms with van der Waals surface area (Å²) in [6, 6.07) is 0.875. The lowest BCUT2D eigenvalue weighted by atomic mass is 10.00. The molecule has 1 rings (SSSR count). The van der Waals surface area contributed by atoms with Crippen LogP contribution in [0.3, 0.4) is 0 Å². The minimum Gasteiger partial charge on any atom is -0.349 e. The van der Waals surface area contributed by atoms with E-state index in [1.807, 2.05) is 13.8 Å². The summed E-state index contributed by atoms with van der Waals surface area (Å²) < 4.78 is 11.3. The van der Waals surface area contributed by atoms with Gasteiger partial charge in [0, 0.05) is 6.04 Å². The molecule has 0 saturated carbocycles. The number of hydrogen-bond donors (Lipinski definition) is 1. The molecule has 0 aliphatic carbocycles. The van der Waals surface area contributed by atoms with Crippen molar-refractivity contribution in [2.75, 3.05) is 13.2 Å². The zero-order valence-electron chi connectivity index (χ0n) is 11.4. The second-order valence-electron chi connectivity index (χ2n) is 5.54. The lowest BCUT2D eigenvalue weighted by molar-refractivity contribution is -0.253. The fraction of sp³-hybridized carbons (Fsp3) is 1.00. The maximum Gasteiger partial charge on any atom is 0.162 e. The van der Waals surface area contributed by atoms with E-state index in [1.54, 1.807) is 0 Å². The fourth-order valence-corrected chi connectivity index (χ4v) is 2.03. The fourth-order valence-electron chi connectivity index (χ4n) is 2.03. The molecule has 96 valence electrons. The lowest BCUT2D eigenvalue weighted by Crippen LogP contribution is -2.51. The van der Waals surface area contributed by atoms with Crippen LogP contribution in [0.2, 0.25) is 0 Å². The maximum absolute atomic E-state index is 5.63. The first kappa shape index (κ1) is 13.9. The Labute approximate surface area is 99.9 Å². The maximum atomic E-state index is 5.63. The summed E-state index contributed by atoms with van der Waals surface area (Å²) >= 11 is 0. The Bertz CT molecular complexity index is 196. The molecular formula is C13H27NO2. The summed E-state index contributed by atoms with van der Waals surface area (Å²) in [5, 5.41) is 3.57. The van der Waals surface area contributed by atoms with Crippen LogP contribution in [0.5, 0.6) is 0 Å². The molecule has 3 nitrogen and oxygen atoms in total. The van der Waals surface area contributed by atoms with Crippen LogP contribution < -0.4 is 5.32 Å². The smallest absolute Gasteiger partial charge is 0.162 e. The summed E-state index contributed by atoms with van der Waals surface area (Å²) in [6.45, 7) is 12.2. The van der Waals surface area contributed by atoms with Gasteiger partial charge in [0.25, 0.3) is 0 Å². The van der Waals surface area contributed by atoms with Crippen LogP contribution >= 0.6 is 0 Å². The molecule has 0 radical (unpaired) electrons. The summed E-state index contributed by atoms with van der Waals surface area (Å²) in [5.41, 5.74) is 0. The third-order valence-electron chi connectivity index (χ3n) is 3.24. The first-order valence-electron chi connectivity index (χ1n) is 6.47. The molecule has 3 heteroatoms. The van der Waals surface area contributed by atoms with E-state index in [-0.39, 0.29) is 0 Å². The standard InChI is InChI=1S/C13H27NO2/c1-6-10(2)7-11(3)14-12-8-15-13(4,5)16-9-12/h10-12,14H,6-9H2,1-5H3. The average Bonchev–Trinajstić information content (AvgIpc) is 2.21. The van der Waals surface area contributed by atoms with Gasteiger partial charge in [0.15, 0.2) is 5.79 Å². The molecule has 0 spiro atoms. The summed E-state index contributed by atoms with van der Waals surface area (Å²) in [6.07, 6.45) is 2.47. The first-order chi connectivity index (χ1) is 7.43. The normalized spacial score (nSPS) is 25.3. The second-order valence-corrected chi connectivity index (χ2v) is 5.54. The summed E-state index contributed by atoms with van der Waals surface area (Å²) in [5.74, 6) is 0.377. The molecule has 1 fully saturated rings. The third kappa shape index (κ3) is 4.81. The van der Waals surface area contributed by atoms with Gasteiger partial charge in [-0.1, -0.05) is 20.3 Å². The van der Waals surface area contributed by atoms with Crippen LogP contribution in [0.4, 0.5) is 0 Å². The van der Waals surface area contributed by atoms with Crippen molar-refractivity contribution in [1.29, 1.82) is 0 Å². The Hall–Kier alpha value is -0.120. The number of ether oxygens (including phenoxy) is 2. The van der Waals surface area contributed by atoms with Crippen LogP contribution in [0.1, 0.15) is 47.5 Å². The minimum absolute atomic E-state index is 0.340. The average molecular weight is 229 g/mol. The van der Waals surface area contributed by atoms with Crippen molar-refractivity contribution in [3.8, 4) is 0 Å². The Morgan fingerprint density at radius 1 is 1.25 bits per heavy atom. The highest BCUT2D eigenvalue weighted by atomic mass is 16.7. The number of nitrogens with one attached hydrogen (secondary N) is 1. The summed E-state index contributed by atoms with van der Waals surface area (Å²) in [7, 11) is 0. The van der Waals surface area contributed by atoms with E-state index in [0.29, 0.717) is 12.1 Å². The van der Waals surface area contributed by atoms with Crippen molar-refractivity contribution >= 4 is 0 Å². The molecule has 1 N–H and O–H groups in total. The van der Waals surface area contributed by atoms with E-state index in [0.717, 1.165) is 19.1 Å². The van der Waals surface area contributed by atoms with E-state index < -0.39 is 5.79 Å². The van der Waals surface area contributed by atoms with Gasteiger partial charge in [0.2, 0.25) is 0 Å². The zero-order valence-corrected chi connectivity index (χ0v) is 11.4. The van der Waals surface area contributed by atoms with E-state index >= 15 is 0 Å². The van der Waals surface area contributed by atoms with E-state index in [2.05, 4.69) is 26.1 Å². The van der Waals surface area contributed by atoms with Crippen molar-refractivity contribution < 1.29 is 9.47 Å². The van der Waals surface area contributed by atoms with Gasteiger partial charge in [0.05, 0.1) is 19.3 Å². The molecule has 0 amide bonds. The predicted molar refractivity (Wildman–Crippen MR) is 66.4 cm³/mol. The third-order valence-corrected chi connectivity index (χ3v) is 3.24. The molecule has 1 heterocycles. The van der Waals surface area contributed by atoms with Crippen molar-refractivity contribution in [3.63, 3.8) is 0 Å². The van der Waals surface area contributed by atoms with Crippen LogP contribution in [0.25, 0.3) is 0 Å². The highest BCUT2D eigenvalue weighted by Gasteiger charge is 2.28. The first-order valence-corrected chi connectivity index (χ1v) is 6.47. The van der Waals surface area contributed by atoms with Gasteiger partial charge < -0.3 is 14.8 Å². The van der Waals surface area contributed by atoms with Crippen molar-refractivity contribution in [2.45, 2.75) is 65.3 Å². The Morgan fingerprint density at radius 3 is 2.31 bits per heavy atom. The molecule has 0 aromatic heterocycles. The van der Waals surface area contributed by atoms with E-state index in [4.69, 9.17) is 9.47 Å². The van der Waals surface area contributed by atoms with Gasteiger partial charge in [-0.2, -0.15) is 0 Å². The van der Waals surface area contributed by atoms with Crippen LogP contribution in [-0.2, 0) is 9.47 Å². The van der Waals surface area contributed by atoms with Gasteiger partial charge in [-0.15, -0.1) is 0 Å². The van der Waals surface area contributed by atoms with E-state index in [9.17, 15) is 0 Å². The monoisotopic (exact) mass is 229 g/mol. The van der Waals surface area contributed by atoms with Gasteiger partial charge >= 0.3 is 0 Å². The summed E-state index contributed by atoms with van der Waals surface area (Å²) in [4.78, 5) is 0. The van der Waals surface area contributed by atoms with Gasteiger partial charge in [0.1, 0.15) is 0 Å². The number of hydrogen-bond acceptors (Lipinski definition) is 3. The second kappa shape index (κ2) is 5.99. The highest BCUT2D eigenvalue weighted by molar-refractivity contribution is 4.76. The molecule has 1 aliphatic rings. The Kier molecular flexibility index (Phi) is 5.22. The Morgan fingerprint density at radius 2 is 1.81 bits per heavy atom. The van der Waals surface area contributed by atoms with Crippen LogP contribution in [0.15, 0.2) is 0 Å². The molecule has 2 unspecified atom stereocenters. The zero-order chi connectivity index (χ0) is 12.2. The van der Waals surface area contributed by atoms with Crippen LogP contribution in [0, 0.1) is 5.92 Å². The highest BCUT2D eigenvalue weighted by Crippen LogP contribution is 2.18. The Balaban J connectivity index is 2.23. The van der Waals surface area contributed by atoms with Gasteiger partial charge in [-0.25, -0.2) is 0 Å². The SMILES string of the molecule is CCC(C)CC(C)NC1COC(C)(C)OC1. The van der Waals surface area contributed by atoms with Crippen molar-refractivity contribution in [3.05, 3.63) is 0 Å². The molecule has 0 aromatic carbocycles. The van der Waals surface area contributed by atoms with Gasteiger partial charge in [-0.3, -0.25) is 0 Å². The quantitative estimate of drug-likeness (QED) is 0.786. The lowest BCUT2D eigenvalue weighted by Gasteiger charge is -2.36. The molecule has 0 aromatic rings. The van der Waals surface area contributed by atoms with Crippen molar-refractivity contribution in [1.82, 2.24) is 5.32 Å². The largest absolute Gasteiger partial charge is 0.349 e. The number of rotatable bonds is 5. The molecule has 16 heavy (non-hydrogen) atoms. The topological polar surface area (TPSA) is 30.5 Å². The minimum atomic E-state index is -0.405. The van der Waals surface area contributed by atoms with E-state index in [1.165, 1.54) is 12.8 Å². The van der Waals surface area contributed by atoms with Crippen LogP contribution in [-0.4, -0.2) is 31.1 Å². The molecule has 0 bridgehead atoms. The van der Waals surface area contributed by atoms with Crippen molar-refractivity contribution in [2.24, 2.45) is 5.92 Å². The van der Waals surface area contributed by atoms with Gasteiger partial charge in [-0.05, 0) is 33.1 Å². The molecular weight excluding hydrogens is 202 g/mol.